The van der Waals surface area contributed by atoms with Crippen LogP contribution in [0.5, 0.6) is 5.75 Å². The molecule has 3 N–H and O–H groups in total. The highest BCUT2D eigenvalue weighted by molar-refractivity contribution is 5.80. The van der Waals surface area contributed by atoms with Crippen LogP contribution in [-0.2, 0) is 17.9 Å². The lowest BCUT2D eigenvalue weighted by Gasteiger charge is -2.12. The van der Waals surface area contributed by atoms with Gasteiger partial charge in [-0.2, -0.15) is 0 Å². The molecule has 5 nitrogen and oxygen atoms in total. The van der Waals surface area contributed by atoms with Gasteiger partial charge in [0.05, 0.1) is 6.04 Å². The van der Waals surface area contributed by atoms with Gasteiger partial charge in [-0.1, -0.05) is 30.3 Å². The summed E-state index contributed by atoms with van der Waals surface area (Å²) in [6.45, 7) is 2.29. The van der Waals surface area contributed by atoms with E-state index in [2.05, 4.69) is 5.32 Å². The van der Waals surface area contributed by atoms with Gasteiger partial charge in [-0.15, -0.1) is 0 Å². The smallest absolute Gasteiger partial charge is 0.260 e. The predicted octanol–water partition coefficient (Wildman–Crippen LogP) is 2.39. The maximum absolute atomic E-state index is 13.5. The Morgan fingerprint density at radius 2 is 1.91 bits per heavy atom. The largest absolute Gasteiger partial charge is 0.489 e. The number of halogens is 1. The van der Waals surface area contributed by atoms with Crippen LogP contribution in [0.3, 0.4) is 0 Å². The number of rotatable bonds is 7. The Morgan fingerprint density at radius 1 is 1.22 bits per heavy atom. The van der Waals surface area contributed by atoms with E-state index in [0.717, 1.165) is 5.56 Å². The van der Waals surface area contributed by atoms with E-state index in [0.29, 0.717) is 17.9 Å². The number of hydrogen-bond acceptors (Lipinski definition) is 4. The first-order valence-corrected chi connectivity index (χ1v) is 7.22. The molecule has 0 saturated carbocycles. The molecule has 0 spiro atoms. The van der Waals surface area contributed by atoms with Gasteiger partial charge in [0.25, 0.3) is 5.91 Å². The topological polar surface area (TPSA) is 70.6 Å². The lowest BCUT2D eigenvalue weighted by molar-refractivity contribution is -0.131. The zero-order valence-electron chi connectivity index (χ0n) is 12.8. The summed E-state index contributed by atoms with van der Waals surface area (Å²) in [5.74, 6) is -0.141. The maximum Gasteiger partial charge on any atom is 0.260 e. The standard InChI is InChI=1S/C17H19FN2O3/c1-12(17(21)20-22)19-10-13-6-8-15(9-7-13)23-11-14-4-2-3-5-16(14)18/h2-9,12,19,22H,10-11H2,1H3,(H,20,21). The quantitative estimate of drug-likeness (QED) is 0.541. The summed E-state index contributed by atoms with van der Waals surface area (Å²) in [7, 11) is 0. The minimum Gasteiger partial charge on any atom is -0.489 e. The van der Waals surface area contributed by atoms with Crippen LogP contribution in [0.15, 0.2) is 48.5 Å². The van der Waals surface area contributed by atoms with Gasteiger partial charge >= 0.3 is 0 Å². The van der Waals surface area contributed by atoms with Crippen molar-refractivity contribution in [3.63, 3.8) is 0 Å². The second-order valence-electron chi connectivity index (χ2n) is 5.10. The van der Waals surface area contributed by atoms with Gasteiger partial charge in [0.1, 0.15) is 18.2 Å². The summed E-state index contributed by atoms with van der Waals surface area (Å²) in [4.78, 5) is 11.2. The van der Waals surface area contributed by atoms with Crippen LogP contribution >= 0.6 is 0 Å². The zero-order valence-corrected chi connectivity index (χ0v) is 12.8. The van der Waals surface area contributed by atoms with Crippen molar-refractivity contribution in [1.29, 1.82) is 0 Å². The second-order valence-corrected chi connectivity index (χ2v) is 5.10. The fourth-order valence-corrected chi connectivity index (χ4v) is 1.94. The van der Waals surface area contributed by atoms with Crippen molar-refractivity contribution in [2.24, 2.45) is 0 Å². The van der Waals surface area contributed by atoms with Gasteiger partial charge in [-0.25, -0.2) is 9.87 Å². The third kappa shape index (κ3) is 5.05. The molecule has 1 amide bonds. The Kier molecular flexibility index (Phi) is 6.08. The highest BCUT2D eigenvalue weighted by Gasteiger charge is 2.10. The van der Waals surface area contributed by atoms with Crippen molar-refractivity contribution < 1.29 is 19.1 Å². The molecule has 2 aromatic carbocycles. The van der Waals surface area contributed by atoms with E-state index in [4.69, 9.17) is 9.94 Å². The lowest BCUT2D eigenvalue weighted by atomic mass is 10.2. The SMILES string of the molecule is CC(NCc1ccc(OCc2ccccc2F)cc1)C(=O)NO. The molecule has 0 bridgehead atoms. The molecule has 2 aromatic rings. The molecule has 0 aliphatic carbocycles. The van der Waals surface area contributed by atoms with Gasteiger partial charge in [-0.3, -0.25) is 10.0 Å². The van der Waals surface area contributed by atoms with E-state index in [1.54, 1.807) is 42.7 Å². The number of hydrogen-bond donors (Lipinski definition) is 3. The van der Waals surface area contributed by atoms with Crippen molar-refractivity contribution in [2.75, 3.05) is 0 Å². The number of ether oxygens (including phenoxy) is 1. The molecular formula is C17H19FN2O3. The van der Waals surface area contributed by atoms with Crippen LogP contribution in [0.4, 0.5) is 4.39 Å². The van der Waals surface area contributed by atoms with E-state index < -0.39 is 11.9 Å². The third-order valence-corrected chi connectivity index (χ3v) is 3.39. The Hall–Kier alpha value is -2.44. The van der Waals surface area contributed by atoms with E-state index in [-0.39, 0.29) is 12.4 Å². The van der Waals surface area contributed by atoms with Gasteiger partial charge < -0.3 is 10.1 Å². The first-order chi connectivity index (χ1) is 11.1. The molecule has 6 heteroatoms. The average Bonchev–Trinajstić information content (AvgIpc) is 2.59. The molecule has 2 rings (SSSR count). The number of carbonyl (C=O) groups is 1. The summed E-state index contributed by atoms with van der Waals surface area (Å²) in [6.07, 6.45) is 0. The van der Waals surface area contributed by atoms with Crippen LogP contribution in [0, 0.1) is 5.82 Å². The highest BCUT2D eigenvalue weighted by Crippen LogP contribution is 2.15. The van der Waals surface area contributed by atoms with Crippen LogP contribution in [0.2, 0.25) is 0 Å². The third-order valence-electron chi connectivity index (χ3n) is 3.39. The van der Waals surface area contributed by atoms with E-state index in [1.807, 2.05) is 12.1 Å². The number of benzene rings is 2. The van der Waals surface area contributed by atoms with Crippen LogP contribution in [0.25, 0.3) is 0 Å². The summed E-state index contributed by atoms with van der Waals surface area (Å²) in [5.41, 5.74) is 3.06. The average molecular weight is 318 g/mol. The first kappa shape index (κ1) is 16.9. The summed E-state index contributed by atoms with van der Waals surface area (Å²) < 4.78 is 19.0. The van der Waals surface area contributed by atoms with Gasteiger partial charge in [0, 0.05) is 12.1 Å². The monoisotopic (exact) mass is 318 g/mol. The van der Waals surface area contributed by atoms with Crippen molar-refractivity contribution >= 4 is 5.91 Å². The molecule has 0 saturated heterocycles. The van der Waals surface area contributed by atoms with Gasteiger partial charge in [0.15, 0.2) is 0 Å². The van der Waals surface area contributed by atoms with Crippen molar-refractivity contribution in [3.05, 3.63) is 65.5 Å². The molecule has 1 unspecified atom stereocenters. The fraction of sp³-hybridized carbons (Fsp3) is 0.235. The van der Waals surface area contributed by atoms with Crippen molar-refractivity contribution in [2.45, 2.75) is 26.1 Å². The zero-order chi connectivity index (χ0) is 16.7. The molecule has 0 radical (unpaired) electrons. The van der Waals surface area contributed by atoms with Crippen molar-refractivity contribution in [1.82, 2.24) is 10.8 Å². The lowest BCUT2D eigenvalue weighted by Crippen LogP contribution is -2.40. The second kappa shape index (κ2) is 8.26. The van der Waals surface area contributed by atoms with E-state index >= 15 is 0 Å². The Morgan fingerprint density at radius 3 is 2.57 bits per heavy atom. The molecule has 0 aliphatic rings. The van der Waals surface area contributed by atoms with Crippen LogP contribution in [0.1, 0.15) is 18.1 Å². The minimum atomic E-state index is -0.503. The Bertz CT molecular complexity index is 647. The Labute approximate surface area is 134 Å². The summed E-state index contributed by atoms with van der Waals surface area (Å²) >= 11 is 0. The normalized spacial score (nSPS) is 11.8. The molecule has 0 heterocycles. The van der Waals surface area contributed by atoms with Crippen LogP contribution in [-0.4, -0.2) is 17.2 Å². The highest BCUT2D eigenvalue weighted by atomic mass is 19.1. The molecule has 122 valence electrons. The molecule has 0 fully saturated rings. The maximum atomic E-state index is 13.5. The van der Waals surface area contributed by atoms with Crippen molar-refractivity contribution in [3.8, 4) is 5.75 Å². The van der Waals surface area contributed by atoms with Crippen LogP contribution < -0.4 is 15.5 Å². The van der Waals surface area contributed by atoms with E-state index in [9.17, 15) is 9.18 Å². The Balaban J connectivity index is 1.85. The number of nitrogens with one attached hydrogen (secondary N) is 2. The number of amides is 1. The number of carbonyl (C=O) groups excluding carboxylic acids is 1. The minimum absolute atomic E-state index is 0.165. The molecule has 1 atom stereocenters. The number of hydroxylamine groups is 1. The molecule has 0 aromatic heterocycles. The first-order valence-electron chi connectivity index (χ1n) is 7.22. The molecule has 0 aliphatic heterocycles. The fourth-order valence-electron chi connectivity index (χ4n) is 1.94. The van der Waals surface area contributed by atoms with E-state index in [1.165, 1.54) is 6.07 Å². The summed E-state index contributed by atoms with van der Waals surface area (Å²) in [5, 5.41) is 11.5. The molecule has 23 heavy (non-hydrogen) atoms. The summed E-state index contributed by atoms with van der Waals surface area (Å²) in [6, 6.07) is 13.3. The molecular weight excluding hydrogens is 299 g/mol. The van der Waals surface area contributed by atoms with Gasteiger partial charge in [0.2, 0.25) is 0 Å². The van der Waals surface area contributed by atoms with Gasteiger partial charge in [-0.05, 0) is 30.7 Å². The predicted molar refractivity (Wildman–Crippen MR) is 83.4 cm³/mol.